The van der Waals surface area contributed by atoms with Crippen LogP contribution in [0, 0.1) is 5.41 Å². The van der Waals surface area contributed by atoms with E-state index in [2.05, 4.69) is 29.0 Å². The number of nitrogens with zero attached hydrogens (tertiary/aromatic N) is 3. The number of rotatable bonds is 6. The first-order chi connectivity index (χ1) is 11.4. The third-order valence-electron chi connectivity index (χ3n) is 4.34. The van der Waals surface area contributed by atoms with Crippen molar-refractivity contribution in [3.05, 3.63) is 30.1 Å². The number of urea groups is 1. The van der Waals surface area contributed by atoms with Crippen molar-refractivity contribution in [1.29, 1.82) is 0 Å². The number of aromatic nitrogens is 1. The van der Waals surface area contributed by atoms with E-state index in [1.54, 1.807) is 6.92 Å². The predicted molar refractivity (Wildman–Crippen MR) is 94.6 cm³/mol. The van der Waals surface area contributed by atoms with Gasteiger partial charge in [0.05, 0.1) is 11.8 Å². The quantitative estimate of drug-likeness (QED) is 0.831. The molecule has 0 saturated carbocycles. The fraction of sp³-hybridized carbons (Fsp3) is 0.667. The van der Waals surface area contributed by atoms with E-state index in [4.69, 9.17) is 0 Å². The van der Waals surface area contributed by atoms with Gasteiger partial charge in [0, 0.05) is 45.5 Å². The Morgan fingerprint density at radius 2 is 2.04 bits per heavy atom. The Morgan fingerprint density at radius 3 is 2.62 bits per heavy atom. The van der Waals surface area contributed by atoms with Crippen LogP contribution in [-0.2, 0) is 6.54 Å². The zero-order chi connectivity index (χ0) is 17.6. The standard InChI is InChI=1S/C18H30N4O2/c1-15(23)12-18(2,3)14-20-17(24)22-10-8-21(9-11-22)13-16-6-4-5-7-19-16/h4-7,15,23H,8-14H2,1-3H3,(H,20,24)/t15-/m1/s1. The molecule has 0 spiro atoms. The van der Waals surface area contributed by atoms with E-state index in [0.717, 1.165) is 38.4 Å². The minimum Gasteiger partial charge on any atom is -0.393 e. The van der Waals surface area contributed by atoms with Gasteiger partial charge in [-0.2, -0.15) is 0 Å². The summed E-state index contributed by atoms with van der Waals surface area (Å²) in [4.78, 5) is 20.9. The third-order valence-corrected chi connectivity index (χ3v) is 4.34. The average Bonchev–Trinajstić information content (AvgIpc) is 2.53. The van der Waals surface area contributed by atoms with Crippen molar-refractivity contribution < 1.29 is 9.90 Å². The van der Waals surface area contributed by atoms with Crippen LogP contribution < -0.4 is 5.32 Å². The van der Waals surface area contributed by atoms with Gasteiger partial charge in [0.1, 0.15) is 0 Å². The van der Waals surface area contributed by atoms with Crippen molar-refractivity contribution in [3.63, 3.8) is 0 Å². The number of carbonyl (C=O) groups is 1. The number of pyridine rings is 1. The molecular weight excluding hydrogens is 304 g/mol. The maximum Gasteiger partial charge on any atom is 0.317 e. The molecule has 1 atom stereocenters. The third kappa shape index (κ3) is 6.09. The normalized spacial score (nSPS) is 17.6. The van der Waals surface area contributed by atoms with E-state index < -0.39 is 0 Å². The second-order valence-corrected chi connectivity index (χ2v) is 7.46. The second kappa shape index (κ2) is 8.44. The van der Waals surface area contributed by atoms with Crippen LogP contribution in [0.1, 0.15) is 32.9 Å². The molecule has 2 N–H and O–H groups in total. The highest BCUT2D eigenvalue weighted by Crippen LogP contribution is 2.21. The Hall–Kier alpha value is -1.66. The molecule has 6 heteroatoms. The summed E-state index contributed by atoms with van der Waals surface area (Å²) in [5, 5.41) is 12.5. The van der Waals surface area contributed by atoms with Crippen LogP contribution in [0.4, 0.5) is 4.79 Å². The van der Waals surface area contributed by atoms with Crippen molar-refractivity contribution in [2.45, 2.75) is 39.8 Å². The molecule has 0 bridgehead atoms. The van der Waals surface area contributed by atoms with E-state index in [0.29, 0.717) is 13.0 Å². The molecule has 24 heavy (non-hydrogen) atoms. The zero-order valence-corrected chi connectivity index (χ0v) is 15.0. The van der Waals surface area contributed by atoms with E-state index >= 15 is 0 Å². The first-order valence-electron chi connectivity index (χ1n) is 8.69. The van der Waals surface area contributed by atoms with Gasteiger partial charge in [0.15, 0.2) is 0 Å². The molecule has 2 amide bonds. The number of nitrogens with one attached hydrogen (secondary N) is 1. The smallest absolute Gasteiger partial charge is 0.317 e. The predicted octanol–water partition coefficient (Wildman–Crippen LogP) is 1.71. The zero-order valence-electron chi connectivity index (χ0n) is 15.0. The van der Waals surface area contributed by atoms with Gasteiger partial charge < -0.3 is 15.3 Å². The summed E-state index contributed by atoms with van der Waals surface area (Å²) in [5.41, 5.74) is 0.959. The van der Waals surface area contributed by atoms with E-state index in [-0.39, 0.29) is 17.6 Å². The molecule has 1 aromatic rings. The van der Waals surface area contributed by atoms with Crippen LogP contribution in [-0.4, -0.2) is 64.7 Å². The fourth-order valence-electron chi connectivity index (χ4n) is 3.13. The topological polar surface area (TPSA) is 68.7 Å². The lowest BCUT2D eigenvalue weighted by Gasteiger charge is -2.35. The lowest BCUT2D eigenvalue weighted by molar-refractivity contribution is 0.118. The molecule has 0 radical (unpaired) electrons. The van der Waals surface area contributed by atoms with Gasteiger partial charge >= 0.3 is 6.03 Å². The number of piperazine rings is 1. The molecule has 1 aliphatic rings. The Balaban J connectivity index is 1.72. The molecule has 2 rings (SSSR count). The Kier molecular flexibility index (Phi) is 6.57. The van der Waals surface area contributed by atoms with Gasteiger partial charge in [-0.25, -0.2) is 4.79 Å². The highest BCUT2D eigenvalue weighted by atomic mass is 16.3. The van der Waals surface area contributed by atoms with Crippen LogP contribution in [0.25, 0.3) is 0 Å². The summed E-state index contributed by atoms with van der Waals surface area (Å²) >= 11 is 0. The van der Waals surface area contributed by atoms with Crippen molar-refractivity contribution in [2.75, 3.05) is 32.7 Å². The van der Waals surface area contributed by atoms with E-state index in [1.165, 1.54) is 0 Å². The van der Waals surface area contributed by atoms with Crippen LogP contribution in [0.15, 0.2) is 24.4 Å². The molecule has 1 aromatic heterocycles. The summed E-state index contributed by atoms with van der Waals surface area (Å²) in [6.45, 7) is 10.5. The monoisotopic (exact) mass is 334 g/mol. The van der Waals surface area contributed by atoms with Gasteiger partial charge in [-0.05, 0) is 30.9 Å². The van der Waals surface area contributed by atoms with Crippen molar-refractivity contribution in [1.82, 2.24) is 20.1 Å². The number of hydrogen-bond acceptors (Lipinski definition) is 4. The van der Waals surface area contributed by atoms with Gasteiger partial charge in [0.25, 0.3) is 0 Å². The number of carbonyl (C=O) groups excluding carboxylic acids is 1. The number of aliphatic hydroxyl groups is 1. The SMILES string of the molecule is C[C@@H](O)CC(C)(C)CNC(=O)N1CCN(Cc2ccccn2)CC1. The van der Waals surface area contributed by atoms with Gasteiger partial charge in [-0.3, -0.25) is 9.88 Å². The maximum atomic E-state index is 12.3. The molecule has 2 heterocycles. The summed E-state index contributed by atoms with van der Waals surface area (Å²) in [7, 11) is 0. The molecule has 0 unspecified atom stereocenters. The first-order valence-corrected chi connectivity index (χ1v) is 8.69. The average molecular weight is 334 g/mol. The first kappa shape index (κ1) is 18.7. The summed E-state index contributed by atoms with van der Waals surface area (Å²) in [6.07, 6.45) is 2.13. The van der Waals surface area contributed by atoms with Gasteiger partial charge in [-0.1, -0.05) is 19.9 Å². The number of amides is 2. The van der Waals surface area contributed by atoms with Crippen LogP contribution in [0.2, 0.25) is 0 Å². The highest BCUT2D eigenvalue weighted by Gasteiger charge is 2.25. The molecule has 0 aromatic carbocycles. The molecule has 1 saturated heterocycles. The Labute approximate surface area is 144 Å². The van der Waals surface area contributed by atoms with Crippen molar-refractivity contribution in [2.24, 2.45) is 5.41 Å². The van der Waals surface area contributed by atoms with E-state index in [1.807, 2.05) is 29.3 Å². The number of hydrogen-bond donors (Lipinski definition) is 2. The lowest BCUT2D eigenvalue weighted by Crippen LogP contribution is -2.52. The number of aliphatic hydroxyl groups excluding tert-OH is 1. The van der Waals surface area contributed by atoms with E-state index in [9.17, 15) is 9.90 Å². The molecule has 6 nitrogen and oxygen atoms in total. The summed E-state index contributed by atoms with van der Waals surface area (Å²) < 4.78 is 0. The molecular formula is C18H30N4O2. The van der Waals surface area contributed by atoms with Crippen LogP contribution >= 0.6 is 0 Å². The van der Waals surface area contributed by atoms with Gasteiger partial charge in [0.2, 0.25) is 0 Å². The fourth-order valence-corrected chi connectivity index (χ4v) is 3.13. The maximum absolute atomic E-state index is 12.3. The molecule has 1 fully saturated rings. The van der Waals surface area contributed by atoms with Crippen LogP contribution in [0.5, 0.6) is 0 Å². The van der Waals surface area contributed by atoms with Crippen molar-refractivity contribution in [3.8, 4) is 0 Å². The summed E-state index contributed by atoms with van der Waals surface area (Å²) in [5.74, 6) is 0. The van der Waals surface area contributed by atoms with Crippen LogP contribution in [0.3, 0.4) is 0 Å². The molecule has 1 aliphatic heterocycles. The Bertz CT molecular complexity index is 511. The lowest BCUT2D eigenvalue weighted by atomic mass is 9.87. The Morgan fingerprint density at radius 1 is 1.33 bits per heavy atom. The largest absolute Gasteiger partial charge is 0.393 e. The minimum absolute atomic E-state index is 0.00819. The second-order valence-electron chi connectivity index (χ2n) is 7.46. The highest BCUT2D eigenvalue weighted by molar-refractivity contribution is 5.74. The summed E-state index contributed by atoms with van der Waals surface area (Å²) in [6, 6.07) is 5.95. The van der Waals surface area contributed by atoms with Gasteiger partial charge in [-0.15, -0.1) is 0 Å². The molecule has 134 valence electrons. The van der Waals surface area contributed by atoms with Crippen molar-refractivity contribution >= 4 is 6.03 Å². The minimum atomic E-state index is -0.355. The molecule has 0 aliphatic carbocycles.